The molecule has 1 unspecified atom stereocenters. The summed E-state index contributed by atoms with van der Waals surface area (Å²) in [5, 5.41) is 5.90. The van der Waals surface area contributed by atoms with Crippen molar-refractivity contribution in [2.24, 2.45) is 0 Å². The number of benzene rings is 2. The second-order valence-corrected chi connectivity index (χ2v) is 11.0. The number of morpholine rings is 1. The number of hydrogen-bond acceptors (Lipinski definition) is 7. The SMILES string of the molecule is O=C(Nc1ccc(-c2csc(N3CCOCC3)n2)cc1)C1CCCN1S(=O)(=O)c1ccccc1. The number of carbonyl (C=O) groups is 1. The quantitative estimate of drug-likeness (QED) is 0.560. The zero-order valence-corrected chi connectivity index (χ0v) is 20.2. The van der Waals surface area contributed by atoms with Gasteiger partial charge in [0.2, 0.25) is 15.9 Å². The minimum Gasteiger partial charge on any atom is -0.378 e. The lowest BCUT2D eigenvalue weighted by atomic mass is 10.1. The topological polar surface area (TPSA) is 91.8 Å². The number of ether oxygens (including phenoxy) is 1. The van der Waals surface area contributed by atoms with E-state index in [1.54, 1.807) is 41.7 Å². The van der Waals surface area contributed by atoms with Crippen LogP contribution in [-0.2, 0) is 19.6 Å². The minimum absolute atomic E-state index is 0.207. The zero-order chi connectivity index (χ0) is 23.5. The Morgan fingerprint density at radius 1 is 1.03 bits per heavy atom. The van der Waals surface area contributed by atoms with Gasteiger partial charge in [0.1, 0.15) is 6.04 Å². The minimum atomic E-state index is -3.72. The van der Waals surface area contributed by atoms with E-state index in [0.29, 0.717) is 38.3 Å². The van der Waals surface area contributed by atoms with Crippen molar-refractivity contribution < 1.29 is 17.9 Å². The van der Waals surface area contributed by atoms with E-state index in [0.717, 1.165) is 29.5 Å². The fourth-order valence-corrected chi connectivity index (χ4v) is 6.83. The number of nitrogens with one attached hydrogen (secondary N) is 1. The average Bonchev–Trinajstić information content (AvgIpc) is 3.57. The van der Waals surface area contributed by atoms with Gasteiger partial charge in [-0.05, 0) is 37.1 Å². The molecule has 3 aromatic rings. The van der Waals surface area contributed by atoms with Crippen molar-refractivity contribution in [2.45, 2.75) is 23.8 Å². The Morgan fingerprint density at radius 2 is 1.76 bits per heavy atom. The summed E-state index contributed by atoms with van der Waals surface area (Å²) >= 11 is 1.61. The van der Waals surface area contributed by atoms with Gasteiger partial charge in [-0.1, -0.05) is 30.3 Å². The molecular formula is C24H26N4O4S2. The van der Waals surface area contributed by atoms with Crippen LogP contribution < -0.4 is 10.2 Å². The summed E-state index contributed by atoms with van der Waals surface area (Å²) < 4.78 is 32.8. The highest BCUT2D eigenvalue weighted by atomic mass is 32.2. The molecule has 1 N–H and O–H groups in total. The van der Waals surface area contributed by atoms with Gasteiger partial charge in [-0.2, -0.15) is 4.31 Å². The van der Waals surface area contributed by atoms with Crippen molar-refractivity contribution in [1.82, 2.24) is 9.29 Å². The smallest absolute Gasteiger partial charge is 0.243 e. The first kappa shape index (κ1) is 23.0. The van der Waals surface area contributed by atoms with E-state index in [1.165, 1.54) is 4.31 Å². The predicted molar refractivity (Wildman–Crippen MR) is 133 cm³/mol. The summed E-state index contributed by atoms with van der Waals surface area (Å²) in [7, 11) is -3.72. The molecule has 0 aliphatic carbocycles. The second kappa shape index (κ2) is 9.83. The maximum absolute atomic E-state index is 13.0. The van der Waals surface area contributed by atoms with Crippen LogP contribution in [0.2, 0.25) is 0 Å². The maximum Gasteiger partial charge on any atom is 0.243 e. The van der Waals surface area contributed by atoms with Gasteiger partial charge in [0.15, 0.2) is 5.13 Å². The van der Waals surface area contributed by atoms with Crippen LogP contribution in [0.4, 0.5) is 10.8 Å². The number of hydrogen-bond donors (Lipinski definition) is 1. The van der Waals surface area contributed by atoms with Gasteiger partial charge in [-0.3, -0.25) is 4.79 Å². The number of aromatic nitrogens is 1. The molecular weight excluding hydrogens is 472 g/mol. The summed E-state index contributed by atoms with van der Waals surface area (Å²) in [6, 6.07) is 15.0. The molecule has 2 aliphatic rings. The molecule has 2 aliphatic heterocycles. The molecule has 1 aromatic heterocycles. The molecule has 0 radical (unpaired) electrons. The summed E-state index contributed by atoms with van der Waals surface area (Å²) in [4.78, 5) is 20.2. The van der Waals surface area contributed by atoms with Crippen molar-refractivity contribution in [2.75, 3.05) is 43.1 Å². The van der Waals surface area contributed by atoms with E-state index >= 15 is 0 Å². The molecule has 3 heterocycles. The van der Waals surface area contributed by atoms with Crippen LogP contribution in [0, 0.1) is 0 Å². The van der Waals surface area contributed by atoms with Crippen LogP contribution in [-0.4, -0.2) is 62.5 Å². The van der Waals surface area contributed by atoms with E-state index in [2.05, 4.69) is 10.2 Å². The highest BCUT2D eigenvalue weighted by Gasteiger charge is 2.39. The first-order chi connectivity index (χ1) is 16.5. The fourth-order valence-electron chi connectivity index (χ4n) is 4.26. The number of nitrogens with zero attached hydrogens (tertiary/aromatic N) is 3. The van der Waals surface area contributed by atoms with Gasteiger partial charge in [-0.15, -0.1) is 11.3 Å². The molecule has 34 heavy (non-hydrogen) atoms. The first-order valence-electron chi connectivity index (χ1n) is 11.3. The van der Waals surface area contributed by atoms with Gasteiger partial charge in [-0.25, -0.2) is 13.4 Å². The summed E-state index contributed by atoms with van der Waals surface area (Å²) in [5.74, 6) is -0.312. The Kier molecular flexibility index (Phi) is 6.64. The highest BCUT2D eigenvalue weighted by Crippen LogP contribution is 2.30. The Labute approximate surface area is 203 Å². The van der Waals surface area contributed by atoms with Crippen molar-refractivity contribution in [3.05, 3.63) is 60.0 Å². The van der Waals surface area contributed by atoms with Crippen molar-refractivity contribution in [3.8, 4) is 11.3 Å². The van der Waals surface area contributed by atoms with Crippen LogP contribution in [0.1, 0.15) is 12.8 Å². The molecule has 0 spiro atoms. The van der Waals surface area contributed by atoms with E-state index < -0.39 is 16.1 Å². The van der Waals surface area contributed by atoms with E-state index in [4.69, 9.17) is 9.72 Å². The van der Waals surface area contributed by atoms with Crippen LogP contribution >= 0.6 is 11.3 Å². The van der Waals surface area contributed by atoms with Crippen molar-refractivity contribution in [3.63, 3.8) is 0 Å². The van der Waals surface area contributed by atoms with Gasteiger partial charge in [0.25, 0.3) is 0 Å². The average molecular weight is 499 g/mol. The third kappa shape index (κ3) is 4.72. The molecule has 1 amide bonds. The molecule has 1 atom stereocenters. The predicted octanol–water partition coefficient (Wildman–Crippen LogP) is 3.44. The van der Waals surface area contributed by atoms with E-state index in [1.807, 2.05) is 29.6 Å². The number of rotatable bonds is 6. The molecule has 2 fully saturated rings. The summed E-state index contributed by atoms with van der Waals surface area (Å²) in [6.45, 7) is 3.46. The van der Waals surface area contributed by atoms with Crippen molar-refractivity contribution >= 4 is 38.1 Å². The second-order valence-electron chi connectivity index (χ2n) is 8.27. The lowest BCUT2D eigenvalue weighted by Crippen LogP contribution is -2.43. The molecule has 8 nitrogen and oxygen atoms in total. The molecule has 2 saturated heterocycles. The molecule has 178 valence electrons. The molecule has 5 rings (SSSR count). The molecule has 2 aromatic carbocycles. The molecule has 0 bridgehead atoms. The molecule has 10 heteroatoms. The Balaban J connectivity index is 1.26. The third-order valence-corrected chi connectivity index (χ3v) is 8.90. The zero-order valence-electron chi connectivity index (χ0n) is 18.6. The number of thiazole rings is 1. The van der Waals surface area contributed by atoms with E-state index in [9.17, 15) is 13.2 Å². The summed E-state index contributed by atoms with van der Waals surface area (Å²) in [6.07, 6.45) is 1.15. The first-order valence-corrected chi connectivity index (χ1v) is 13.6. The standard InChI is InChI=1S/C24H26N4O4S2/c29-23(22-7-4-12-28(22)34(30,31)20-5-2-1-3-6-20)25-19-10-8-18(9-11-19)21-17-33-24(26-21)27-13-15-32-16-14-27/h1-3,5-6,8-11,17,22H,4,7,12-16H2,(H,25,29). The van der Waals surface area contributed by atoms with Gasteiger partial charge in [0.05, 0.1) is 23.8 Å². The third-order valence-electron chi connectivity index (χ3n) is 6.08. The molecule has 0 saturated carbocycles. The highest BCUT2D eigenvalue weighted by molar-refractivity contribution is 7.89. The van der Waals surface area contributed by atoms with E-state index in [-0.39, 0.29) is 10.8 Å². The lowest BCUT2D eigenvalue weighted by Gasteiger charge is -2.26. The van der Waals surface area contributed by atoms with Gasteiger partial charge >= 0.3 is 0 Å². The Morgan fingerprint density at radius 3 is 2.50 bits per heavy atom. The van der Waals surface area contributed by atoms with Gasteiger partial charge in [0, 0.05) is 36.3 Å². The van der Waals surface area contributed by atoms with Crippen molar-refractivity contribution in [1.29, 1.82) is 0 Å². The van der Waals surface area contributed by atoms with Crippen LogP contribution in [0.25, 0.3) is 11.3 Å². The number of anilines is 2. The Bertz CT molecular complexity index is 1240. The Hall–Kier alpha value is -2.79. The fraction of sp³-hybridized carbons (Fsp3) is 0.333. The summed E-state index contributed by atoms with van der Waals surface area (Å²) in [5.41, 5.74) is 2.48. The number of amides is 1. The number of sulfonamides is 1. The maximum atomic E-state index is 13.0. The van der Waals surface area contributed by atoms with Crippen LogP contribution in [0.5, 0.6) is 0 Å². The number of carbonyl (C=O) groups excluding carboxylic acids is 1. The normalized spacial score (nSPS) is 19.3. The monoisotopic (exact) mass is 498 g/mol. The van der Waals surface area contributed by atoms with Crippen LogP contribution in [0.15, 0.2) is 64.9 Å². The largest absolute Gasteiger partial charge is 0.378 e. The lowest BCUT2D eigenvalue weighted by molar-refractivity contribution is -0.119. The van der Waals surface area contributed by atoms with Gasteiger partial charge < -0.3 is 15.0 Å². The van der Waals surface area contributed by atoms with Crippen LogP contribution in [0.3, 0.4) is 0 Å².